The first kappa shape index (κ1) is 15.4. The lowest BCUT2D eigenvalue weighted by molar-refractivity contribution is 0.0697. The molecule has 1 heterocycles. The van der Waals surface area contributed by atoms with Gasteiger partial charge in [-0.1, -0.05) is 35.9 Å². The minimum atomic E-state index is -1.00. The number of anilines is 3. The van der Waals surface area contributed by atoms with E-state index in [9.17, 15) is 4.79 Å². The molecule has 0 unspecified atom stereocenters. The number of aromatic nitrogens is 3. The van der Waals surface area contributed by atoms with Crippen molar-refractivity contribution in [2.45, 2.75) is 6.92 Å². The molecule has 0 spiro atoms. The zero-order valence-electron chi connectivity index (χ0n) is 12.9. The first-order valence-electron chi connectivity index (χ1n) is 7.20. The van der Waals surface area contributed by atoms with E-state index in [1.54, 1.807) is 12.1 Å². The molecule has 0 fully saturated rings. The molecule has 0 aliphatic rings. The number of nitrogens with zero attached hydrogens (tertiary/aromatic N) is 3. The zero-order chi connectivity index (χ0) is 17.1. The Morgan fingerprint density at radius 3 is 2.58 bits per heavy atom. The SMILES string of the molecule is Cc1ccc(-c2nc(Nc3cccc(C(=O)O)c3)nnc2N)cc1. The Morgan fingerprint density at radius 1 is 1.12 bits per heavy atom. The van der Waals surface area contributed by atoms with Crippen LogP contribution in [0.2, 0.25) is 0 Å². The van der Waals surface area contributed by atoms with E-state index in [0.717, 1.165) is 11.1 Å². The Hall–Kier alpha value is -3.48. The van der Waals surface area contributed by atoms with Crippen LogP contribution in [-0.4, -0.2) is 26.3 Å². The molecule has 4 N–H and O–H groups in total. The highest BCUT2D eigenvalue weighted by Gasteiger charge is 2.10. The molecule has 7 heteroatoms. The van der Waals surface area contributed by atoms with Gasteiger partial charge in [-0.2, -0.15) is 0 Å². The zero-order valence-corrected chi connectivity index (χ0v) is 12.9. The van der Waals surface area contributed by atoms with Crippen LogP contribution in [0.1, 0.15) is 15.9 Å². The quantitative estimate of drug-likeness (QED) is 0.677. The summed E-state index contributed by atoms with van der Waals surface area (Å²) in [5, 5.41) is 19.8. The van der Waals surface area contributed by atoms with Crippen LogP contribution in [0.4, 0.5) is 17.5 Å². The number of hydrogen-bond acceptors (Lipinski definition) is 6. The normalized spacial score (nSPS) is 10.4. The molecule has 2 aromatic carbocycles. The van der Waals surface area contributed by atoms with Crippen LogP contribution < -0.4 is 11.1 Å². The van der Waals surface area contributed by atoms with Crippen molar-refractivity contribution >= 4 is 23.4 Å². The number of hydrogen-bond donors (Lipinski definition) is 3. The maximum Gasteiger partial charge on any atom is 0.335 e. The largest absolute Gasteiger partial charge is 0.478 e. The Balaban J connectivity index is 1.92. The molecule has 0 atom stereocenters. The molecule has 0 aliphatic carbocycles. The number of nitrogen functional groups attached to an aromatic ring is 1. The fraction of sp³-hybridized carbons (Fsp3) is 0.0588. The van der Waals surface area contributed by atoms with Gasteiger partial charge in [-0.15, -0.1) is 10.2 Å². The summed E-state index contributed by atoms with van der Waals surface area (Å²) in [5.41, 5.74) is 9.07. The van der Waals surface area contributed by atoms with Crippen LogP contribution in [0.5, 0.6) is 0 Å². The van der Waals surface area contributed by atoms with Gasteiger partial charge in [0.25, 0.3) is 0 Å². The molecular formula is C17H15N5O2. The van der Waals surface area contributed by atoms with Crippen LogP contribution in [-0.2, 0) is 0 Å². The number of carbonyl (C=O) groups is 1. The number of nitrogens with two attached hydrogens (primary N) is 1. The van der Waals surface area contributed by atoms with Crippen LogP contribution in [0, 0.1) is 6.92 Å². The lowest BCUT2D eigenvalue weighted by atomic mass is 10.1. The fourth-order valence-corrected chi connectivity index (χ4v) is 2.17. The lowest BCUT2D eigenvalue weighted by Crippen LogP contribution is -2.05. The van der Waals surface area contributed by atoms with E-state index >= 15 is 0 Å². The highest BCUT2D eigenvalue weighted by atomic mass is 16.4. The van der Waals surface area contributed by atoms with E-state index in [1.165, 1.54) is 12.1 Å². The third-order valence-corrected chi connectivity index (χ3v) is 3.40. The second-order valence-electron chi connectivity index (χ2n) is 5.25. The fourth-order valence-electron chi connectivity index (χ4n) is 2.17. The molecule has 0 saturated carbocycles. The van der Waals surface area contributed by atoms with Gasteiger partial charge in [-0.3, -0.25) is 0 Å². The first-order valence-corrected chi connectivity index (χ1v) is 7.20. The van der Waals surface area contributed by atoms with Crippen molar-refractivity contribution in [2.24, 2.45) is 0 Å². The van der Waals surface area contributed by atoms with Gasteiger partial charge in [-0.05, 0) is 25.1 Å². The summed E-state index contributed by atoms with van der Waals surface area (Å²) in [7, 11) is 0. The summed E-state index contributed by atoms with van der Waals surface area (Å²) in [6, 6.07) is 14.1. The van der Waals surface area contributed by atoms with Crippen molar-refractivity contribution in [3.05, 3.63) is 59.7 Å². The summed E-state index contributed by atoms with van der Waals surface area (Å²) < 4.78 is 0. The Morgan fingerprint density at radius 2 is 1.88 bits per heavy atom. The molecule has 24 heavy (non-hydrogen) atoms. The highest BCUT2D eigenvalue weighted by molar-refractivity contribution is 5.89. The number of aromatic carboxylic acids is 1. The monoisotopic (exact) mass is 321 g/mol. The molecule has 0 saturated heterocycles. The van der Waals surface area contributed by atoms with Gasteiger partial charge in [0.15, 0.2) is 5.82 Å². The van der Waals surface area contributed by atoms with E-state index < -0.39 is 5.97 Å². The minimum absolute atomic E-state index is 0.169. The highest BCUT2D eigenvalue weighted by Crippen LogP contribution is 2.24. The molecular weight excluding hydrogens is 306 g/mol. The molecule has 0 aliphatic heterocycles. The summed E-state index contributed by atoms with van der Waals surface area (Å²) in [6.45, 7) is 1.99. The number of aryl methyl sites for hydroxylation is 1. The van der Waals surface area contributed by atoms with E-state index in [0.29, 0.717) is 11.4 Å². The van der Waals surface area contributed by atoms with Gasteiger partial charge in [0.05, 0.1) is 5.56 Å². The van der Waals surface area contributed by atoms with Gasteiger partial charge >= 0.3 is 5.97 Å². The summed E-state index contributed by atoms with van der Waals surface area (Å²) in [4.78, 5) is 15.4. The molecule has 0 bridgehead atoms. The molecule has 0 amide bonds. The predicted octanol–water partition coefficient (Wildman–Crippen LogP) is 2.87. The smallest absolute Gasteiger partial charge is 0.335 e. The first-order chi connectivity index (χ1) is 11.5. The topological polar surface area (TPSA) is 114 Å². The number of carboxylic acids is 1. The Kier molecular flexibility index (Phi) is 4.07. The van der Waals surface area contributed by atoms with Gasteiger partial charge in [-0.25, -0.2) is 9.78 Å². The molecule has 3 rings (SSSR count). The summed E-state index contributed by atoms with van der Waals surface area (Å²) in [5.74, 6) is -0.540. The van der Waals surface area contributed by atoms with Gasteiger partial charge in [0.1, 0.15) is 5.69 Å². The van der Waals surface area contributed by atoms with Crippen molar-refractivity contribution in [3.63, 3.8) is 0 Å². The van der Waals surface area contributed by atoms with E-state index in [-0.39, 0.29) is 17.3 Å². The Bertz CT molecular complexity index is 894. The standard InChI is InChI=1S/C17H15N5O2/c1-10-5-7-11(8-6-10)14-15(18)21-22-17(20-14)19-13-4-2-3-12(9-13)16(23)24/h2-9H,1H3,(H2,18,21)(H,23,24)(H,19,20,22). The van der Waals surface area contributed by atoms with Gasteiger partial charge < -0.3 is 16.2 Å². The number of carboxylic acid groups (broad SMARTS) is 1. The minimum Gasteiger partial charge on any atom is -0.478 e. The van der Waals surface area contributed by atoms with Crippen molar-refractivity contribution in [1.82, 2.24) is 15.2 Å². The van der Waals surface area contributed by atoms with Crippen molar-refractivity contribution < 1.29 is 9.90 Å². The summed E-state index contributed by atoms with van der Waals surface area (Å²) in [6.07, 6.45) is 0. The average Bonchev–Trinajstić information content (AvgIpc) is 2.58. The number of benzene rings is 2. The second kappa shape index (κ2) is 6.33. The molecule has 3 aromatic rings. The van der Waals surface area contributed by atoms with Crippen molar-refractivity contribution in [2.75, 3.05) is 11.1 Å². The molecule has 7 nitrogen and oxygen atoms in total. The number of nitrogens with one attached hydrogen (secondary N) is 1. The lowest BCUT2D eigenvalue weighted by Gasteiger charge is -2.08. The maximum absolute atomic E-state index is 11.0. The maximum atomic E-state index is 11.0. The molecule has 1 aromatic heterocycles. The third kappa shape index (κ3) is 3.30. The molecule has 0 radical (unpaired) electrons. The number of rotatable bonds is 4. The van der Waals surface area contributed by atoms with Gasteiger partial charge in [0.2, 0.25) is 5.95 Å². The Labute approximate surface area is 138 Å². The van der Waals surface area contributed by atoms with Crippen LogP contribution in [0.25, 0.3) is 11.3 Å². The van der Waals surface area contributed by atoms with Crippen molar-refractivity contribution in [3.8, 4) is 11.3 Å². The van der Waals surface area contributed by atoms with Gasteiger partial charge in [0, 0.05) is 11.3 Å². The van der Waals surface area contributed by atoms with Crippen LogP contribution in [0.15, 0.2) is 48.5 Å². The van der Waals surface area contributed by atoms with E-state index in [1.807, 2.05) is 31.2 Å². The predicted molar refractivity (Wildman–Crippen MR) is 91.1 cm³/mol. The average molecular weight is 321 g/mol. The second-order valence-corrected chi connectivity index (χ2v) is 5.25. The van der Waals surface area contributed by atoms with E-state index in [4.69, 9.17) is 10.8 Å². The van der Waals surface area contributed by atoms with Crippen molar-refractivity contribution in [1.29, 1.82) is 0 Å². The third-order valence-electron chi connectivity index (χ3n) is 3.40. The van der Waals surface area contributed by atoms with Crippen LogP contribution >= 0.6 is 0 Å². The molecule has 120 valence electrons. The van der Waals surface area contributed by atoms with Crippen LogP contribution in [0.3, 0.4) is 0 Å². The van der Waals surface area contributed by atoms with E-state index in [2.05, 4.69) is 20.5 Å². The summed E-state index contributed by atoms with van der Waals surface area (Å²) >= 11 is 0.